The molecule has 2 fully saturated rings. The first kappa shape index (κ1) is 13.1. The molecule has 2 aliphatic carbocycles. The summed E-state index contributed by atoms with van der Waals surface area (Å²) >= 11 is 6.15. The molecule has 0 aliphatic heterocycles. The third kappa shape index (κ3) is 1.95. The fourth-order valence-corrected chi connectivity index (χ4v) is 4.12. The van der Waals surface area contributed by atoms with Gasteiger partial charge < -0.3 is 14.8 Å². The minimum absolute atomic E-state index is 0.00104. The van der Waals surface area contributed by atoms with E-state index in [4.69, 9.17) is 11.6 Å². The highest BCUT2D eigenvalue weighted by atomic mass is 35.5. The summed E-state index contributed by atoms with van der Waals surface area (Å²) in [6.07, 6.45) is 6.53. The lowest BCUT2D eigenvalue weighted by atomic mass is 9.88. The maximum absolute atomic E-state index is 11.1. The molecule has 0 radical (unpaired) electrons. The van der Waals surface area contributed by atoms with Crippen molar-refractivity contribution in [3.05, 3.63) is 35.4 Å². The van der Waals surface area contributed by atoms with Gasteiger partial charge in [-0.25, -0.2) is 4.98 Å². The number of carbonyl (C=O) groups is 1. The van der Waals surface area contributed by atoms with Crippen molar-refractivity contribution in [1.29, 1.82) is 0 Å². The fourth-order valence-electron chi connectivity index (χ4n) is 3.90. The van der Waals surface area contributed by atoms with Crippen LogP contribution in [0.15, 0.2) is 24.8 Å². The first-order valence-corrected chi connectivity index (χ1v) is 7.47. The molecule has 0 saturated heterocycles. The predicted octanol–water partition coefficient (Wildman–Crippen LogP) is 1.72. The smallest absolute Gasteiger partial charge is 0.217 e. The molecule has 2 unspecified atom stereocenters. The van der Waals surface area contributed by atoms with Gasteiger partial charge in [-0.2, -0.15) is 0 Å². The number of aliphatic hydroxyl groups is 1. The average Bonchev–Trinajstić information content (AvgIpc) is 2.83. The Bertz CT molecular complexity index is 730. The van der Waals surface area contributed by atoms with Crippen molar-refractivity contribution in [2.45, 2.75) is 31.4 Å². The molecule has 1 amide bonds. The minimum atomic E-state index is -0.878. The van der Waals surface area contributed by atoms with Crippen molar-refractivity contribution in [1.82, 2.24) is 14.7 Å². The number of imidazole rings is 1. The van der Waals surface area contributed by atoms with Crippen LogP contribution in [0.4, 0.5) is 0 Å². The van der Waals surface area contributed by atoms with Gasteiger partial charge in [-0.1, -0.05) is 11.6 Å². The van der Waals surface area contributed by atoms with E-state index in [2.05, 4.69) is 10.3 Å². The van der Waals surface area contributed by atoms with E-state index in [9.17, 15) is 9.90 Å². The van der Waals surface area contributed by atoms with Crippen LogP contribution in [-0.4, -0.2) is 26.4 Å². The molecular formula is C15H16ClN3O2. The van der Waals surface area contributed by atoms with Crippen LogP contribution in [0.2, 0.25) is 5.02 Å². The molecule has 0 spiro atoms. The van der Waals surface area contributed by atoms with Gasteiger partial charge in [-0.3, -0.25) is 4.79 Å². The van der Waals surface area contributed by atoms with Gasteiger partial charge in [0, 0.05) is 24.7 Å². The van der Waals surface area contributed by atoms with E-state index in [0.29, 0.717) is 29.7 Å². The summed E-state index contributed by atoms with van der Waals surface area (Å²) in [5, 5.41) is 14.6. The molecular weight excluding hydrogens is 290 g/mol. The first-order valence-electron chi connectivity index (χ1n) is 7.09. The maximum Gasteiger partial charge on any atom is 0.217 e. The molecule has 2 heterocycles. The zero-order valence-corrected chi connectivity index (χ0v) is 12.3. The normalized spacial score (nSPS) is 34.0. The van der Waals surface area contributed by atoms with Gasteiger partial charge in [0.25, 0.3) is 0 Å². The molecule has 4 rings (SSSR count). The Kier molecular flexibility index (Phi) is 2.63. The SMILES string of the molecule is CC(=O)NC1[C@H]2CC(O)(c3cc(Cl)cn4cncc34)C[C@@H]12. The zero-order chi connectivity index (χ0) is 14.8. The number of hydrogen-bond acceptors (Lipinski definition) is 3. The van der Waals surface area contributed by atoms with Gasteiger partial charge >= 0.3 is 0 Å². The van der Waals surface area contributed by atoms with Crippen LogP contribution < -0.4 is 5.32 Å². The number of hydrogen-bond donors (Lipinski definition) is 2. The highest BCUT2D eigenvalue weighted by Crippen LogP contribution is 2.60. The van der Waals surface area contributed by atoms with Gasteiger partial charge in [0.2, 0.25) is 5.91 Å². The lowest BCUT2D eigenvalue weighted by Crippen LogP contribution is -2.32. The van der Waals surface area contributed by atoms with Crippen molar-refractivity contribution >= 4 is 23.0 Å². The fraction of sp³-hybridized carbons (Fsp3) is 0.467. The Balaban J connectivity index is 1.65. The molecule has 2 aromatic rings. The summed E-state index contributed by atoms with van der Waals surface area (Å²) in [6, 6.07) is 2.05. The number of fused-ring (bicyclic) bond motifs is 2. The molecule has 2 aliphatic rings. The average molecular weight is 306 g/mol. The lowest BCUT2D eigenvalue weighted by Gasteiger charge is -2.27. The molecule has 0 bridgehead atoms. The summed E-state index contributed by atoms with van der Waals surface area (Å²) < 4.78 is 1.84. The molecule has 21 heavy (non-hydrogen) atoms. The van der Waals surface area contributed by atoms with E-state index in [1.54, 1.807) is 18.7 Å². The largest absolute Gasteiger partial charge is 0.385 e. The summed E-state index contributed by atoms with van der Waals surface area (Å²) in [5.74, 6) is 0.723. The summed E-state index contributed by atoms with van der Waals surface area (Å²) in [6.45, 7) is 1.53. The van der Waals surface area contributed by atoms with Crippen LogP contribution in [0, 0.1) is 11.8 Å². The Labute approximate surface area is 126 Å². The highest BCUT2D eigenvalue weighted by molar-refractivity contribution is 6.30. The number of aromatic nitrogens is 2. The molecule has 0 aromatic carbocycles. The third-order valence-electron chi connectivity index (χ3n) is 4.84. The van der Waals surface area contributed by atoms with Crippen molar-refractivity contribution in [2.75, 3.05) is 0 Å². The van der Waals surface area contributed by atoms with Crippen LogP contribution in [-0.2, 0) is 10.4 Å². The number of amides is 1. The standard InChI is InChI=1S/C15H16ClN3O2/c1-8(20)18-14-10-3-15(21,4-11(10)14)12-2-9(16)6-19-7-17-5-13(12)19/h2,5-7,10-11,14,21H,3-4H2,1H3,(H,18,20)/t10-,11+,14?,15?. The van der Waals surface area contributed by atoms with Crippen molar-refractivity contribution in [2.24, 2.45) is 11.8 Å². The van der Waals surface area contributed by atoms with E-state index in [-0.39, 0.29) is 11.9 Å². The molecule has 4 atom stereocenters. The second kappa shape index (κ2) is 4.21. The number of pyridine rings is 1. The number of nitrogens with zero attached hydrogens (tertiary/aromatic N) is 2. The van der Waals surface area contributed by atoms with Gasteiger partial charge in [0.05, 0.1) is 28.7 Å². The summed E-state index contributed by atoms with van der Waals surface area (Å²) in [4.78, 5) is 15.3. The maximum atomic E-state index is 11.1. The Morgan fingerprint density at radius 3 is 2.90 bits per heavy atom. The quantitative estimate of drug-likeness (QED) is 0.888. The van der Waals surface area contributed by atoms with E-state index in [1.165, 1.54) is 6.92 Å². The molecule has 6 heteroatoms. The van der Waals surface area contributed by atoms with Gasteiger partial charge in [-0.15, -0.1) is 0 Å². The monoisotopic (exact) mass is 305 g/mol. The lowest BCUT2D eigenvalue weighted by molar-refractivity contribution is -0.119. The Morgan fingerprint density at radius 1 is 1.52 bits per heavy atom. The van der Waals surface area contributed by atoms with Gasteiger partial charge in [0.15, 0.2) is 0 Å². The topological polar surface area (TPSA) is 66.6 Å². The second-order valence-electron chi connectivity index (χ2n) is 6.25. The molecule has 110 valence electrons. The van der Waals surface area contributed by atoms with Crippen LogP contribution in [0.3, 0.4) is 0 Å². The number of nitrogens with one attached hydrogen (secondary N) is 1. The number of carbonyl (C=O) groups excluding carboxylic acids is 1. The van der Waals surface area contributed by atoms with E-state index < -0.39 is 5.60 Å². The van der Waals surface area contributed by atoms with Gasteiger partial charge in [-0.05, 0) is 30.7 Å². The van der Waals surface area contributed by atoms with E-state index >= 15 is 0 Å². The van der Waals surface area contributed by atoms with Crippen LogP contribution in [0.1, 0.15) is 25.3 Å². The molecule has 2 N–H and O–H groups in total. The molecule has 2 aromatic heterocycles. The molecule has 5 nitrogen and oxygen atoms in total. The van der Waals surface area contributed by atoms with Crippen molar-refractivity contribution in [3.8, 4) is 0 Å². The Morgan fingerprint density at radius 2 is 2.24 bits per heavy atom. The molecule has 2 saturated carbocycles. The predicted molar refractivity (Wildman–Crippen MR) is 77.9 cm³/mol. The first-order chi connectivity index (χ1) is 9.98. The Hall–Kier alpha value is -1.59. The minimum Gasteiger partial charge on any atom is -0.385 e. The van der Waals surface area contributed by atoms with Crippen molar-refractivity contribution < 1.29 is 9.90 Å². The van der Waals surface area contributed by atoms with Gasteiger partial charge in [0.1, 0.15) is 0 Å². The third-order valence-corrected chi connectivity index (χ3v) is 5.04. The van der Waals surface area contributed by atoms with Crippen LogP contribution in [0.25, 0.3) is 5.52 Å². The highest BCUT2D eigenvalue weighted by Gasteiger charge is 2.62. The number of halogens is 1. The van der Waals surface area contributed by atoms with Crippen LogP contribution in [0.5, 0.6) is 0 Å². The second-order valence-corrected chi connectivity index (χ2v) is 6.69. The van der Waals surface area contributed by atoms with E-state index in [1.807, 2.05) is 10.5 Å². The van der Waals surface area contributed by atoms with Crippen molar-refractivity contribution in [3.63, 3.8) is 0 Å². The number of rotatable bonds is 2. The van der Waals surface area contributed by atoms with E-state index in [0.717, 1.165) is 11.1 Å². The van der Waals surface area contributed by atoms with Crippen LogP contribution >= 0.6 is 11.6 Å². The summed E-state index contributed by atoms with van der Waals surface area (Å²) in [7, 11) is 0. The zero-order valence-electron chi connectivity index (χ0n) is 11.6. The summed E-state index contributed by atoms with van der Waals surface area (Å²) in [5.41, 5.74) is 0.844.